The molecule has 3 aromatic rings. The third-order valence-corrected chi connectivity index (χ3v) is 7.75. The summed E-state index contributed by atoms with van der Waals surface area (Å²) in [4.78, 5) is 28.0. The summed E-state index contributed by atoms with van der Waals surface area (Å²) < 4.78 is 0. The van der Waals surface area contributed by atoms with Crippen LogP contribution < -0.4 is 4.90 Å². The lowest BCUT2D eigenvalue weighted by atomic mass is 9.54. The van der Waals surface area contributed by atoms with Gasteiger partial charge in [-0.05, 0) is 47.7 Å². The summed E-state index contributed by atoms with van der Waals surface area (Å²) in [7, 11) is 0. The summed E-state index contributed by atoms with van der Waals surface area (Å²) in [6.45, 7) is 3.95. The molecule has 1 fully saturated rings. The lowest BCUT2D eigenvalue weighted by Crippen LogP contribution is -2.50. The number of rotatable bonds is 1. The number of nitrogens with zero attached hydrogens (tertiary/aromatic N) is 1. The first-order chi connectivity index (χ1) is 14.4. The number of hydrogen-bond acceptors (Lipinski definition) is 2. The van der Waals surface area contributed by atoms with Crippen LogP contribution in [0.4, 0.5) is 5.69 Å². The number of hydrogen-bond donors (Lipinski definition) is 0. The zero-order valence-corrected chi connectivity index (χ0v) is 17.5. The molecule has 7 rings (SSSR count). The standard InChI is InChI=1S/C26H20ClNO2/c1-14-11-12-20(15(2)13-14)28-24(29)22-21-16-7-3-5-9-18(16)26(27,23(22)25(28)30)19-10-6-4-8-17(19)21/h3-13,21-23H,1-2H3/t21?,22-,23-,26?/m1/s1. The van der Waals surface area contributed by atoms with E-state index in [2.05, 4.69) is 12.1 Å². The second-order valence-electron chi connectivity index (χ2n) is 8.67. The molecule has 0 spiro atoms. The van der Waals surface area contributed by atoms with E-state index in [0.717, 1.165) is 33.4 Å². The molecule has 0 saturated carbocycles. The monoisotopic (exact) mass is 413 g/mol. The van der Waals surface area contributed by atoms with Crippen LogP contribution in [-0.2, 0) is 14.5 Å². The Labute approximate surface area is 180 Å². The smallest absolute Gasteiger partial charge is 0.240 e. The van der Waals surface area contributed by atoms with E-state index >= 15 is 0 Å². The SMILES string of the molecule is Cc1ccc(N2C(=O)[C@@H]3C4c5ccccc5C(Cl)(c5ccccc54)[C@H]3C2=O)c(C)c1. The Kier molecular flexibility index (Phi) is 3.48. The van der Waals surface area contributed by atoms with E-state index in [-0.39, 0.29) is 17.7 Å². The van der Waals surface area contributed by atoms with Crippen molar-refractivity contribution in [2.45, 2.75) is 24.6 Å². The highest BCUT2D eigenvalue weighted by Crippen LogP contribution is 2.65. The molecule has 0 aromatic heterocycles. The molecule has 4 aliphatic rings. The fourth-order valence-corrected chi connectivity index (χ4v) is 6.55. The predicted octanol–water partition coefficient (Wildman–Crippen LogP) is 5.05. The normalized spacial score (nSPS) is 28.4. The minimum absolute atomic E-state index is 0.143. The maximum Gasteiger partial charge on any atom is 0.240 e. The highest BCUT2D eigenvalue weighted by molar-refractivity contribution is 6.33. The van der Waals surface area contributed by atoms with Gasteiger partial charge in [0, 0.05) is 5.92 Å². The minimum Gasteiger partial charge on any atom is -0.274 e. The van der Waals surface area contributed by atoms with Crippen molar-refractivity contribution in [1.29, 1.82) is 0 Å². The van der Waals surface area contributed by atoms with Gasteiger partial charge in [0.2, 0.25) is 11.8 Å². The first-order valence-electron chi connectivity index (χ1n) is 10.3. The average Bonchev–Trinajstić information content (AvgIpc) is 3.01. The van der Waals surface area contributed by atoms with Gasteiger partial charge < -0.3 is 0 Å². The van der Waals surface area contributed by atoms with Crippen LogP contribution in [0.2, 0.25) is 0 Å². The van der Waals surface area contributed by atoms with Gasteiger partial charge in [0.05, 0.1) is 17.5 Å². The van der Waals surface area contributed by atoms with Crippen molar-refractivity contribution in [2.75, 3.05) is 4.90 Å². The summed E-state index contributed by atoms with van der Waals surface area (Å²) in [6, 6.07) is 21.9. The Morgan fingerprint density at radius 3 is 2.03 bits per heavy atom. The number of aryl methyl sites for hydroxylation is 2. The fraction of sp³-hybridized carbons (Fsp3) is 0.231. The maximum absolute atomic E-state index is 13.8. The van der Waals surface area contributed by atoms with E-state index < -0.39 is 16.7 Å². The van der Waals surface area contributed by atoms with Gasteiger partial charge in [-0.1, -0.05) is 66.2 Å². The number of benzene rings is 3. The minimum atomic E-state index is -1.04. The summed E-state index contributed by atoms with van der Waals surface area (Å²) in [5.41, 5.74) is 6.73. The molecular weight excluding hydrogens is 394 g/mol. The van der Waals surface area contributed by atoms with Gasteiger partial charge in [-0.3, -0.25) is 9.59 Å². The molecule has 2 atom stereocenters. The van der Waals surface area contributed by atoms with Crippen LogP contribution in [-0.4, -0.2) is 11.8 Å². The van der Waals surface area contributed by atoms with E-state index in [4.69, 9.17) is 11.6 Å². The second kappa shape index (κ2) is 5.83. The molecule has 1 saturated heterocycles. The number of carbonyl (C=O) groups is 2. The summed E-state index contributed by atoms with van der Waals surface area (Å²) in [5.74, 6) is -1.59. The Morgan fingerprint density at radius 2 is 1.43 bits per heavy atom. The van der Waals surface area contributed by atoms with Crippen molar-refractivity contribution in [1.82, 2.24) is 0 Å². The lowest BCUT2D eigenvalue weighted by molar-refractivity contribution is -0.122. The molecule has 2 bridgehead atoms. The summed E-state index contributed by atoms with van der Waals surface area (Å²) in [6.07, 6.45) is 0. The quantitative estimate of drug-likeness (QED) is 0.413. The molecule has 148 valence electrons. The molecule has 0 unspecified atom stereocenters. The fourth-order valence-electron chi connectivity index (χ4n) is 5.97. The maximum atomic E-state index is 13.8. The number of anilines is 1. The van der Waals surface area contributed by atoms with Crippen LogP contribution >= 0.6 is 11.6 Å². The van der Waals surface area contributed by atoms with Crippen LogP contribution in [0.15, 0.2) is 66.7 Å². The van der Waals surface area contributed by atoms with Crippen molar-refractivity contribution in [3.63, 3.8) is 0 Å². The number of halogens is 1. The predicted molar refractivity (Wildman–Crippen MR) is 117 cm³/mol. The highest BCUT2D eigenvalue weighted by Gasteiger charge is 2.68. The topological polar surface area (TPSA) is 37.4 Å². The van der Waals surface area contributed by atoms with Gasteiger partial charge in [-0.15, -0.1) is 11.6 Å². The number of imide groups is 1. The van der Waals surface area contributed by atoms with Gasteiger partial charge in [-0.2, -0.15) is 0 Å². The number of amides is 2. The van der Waals surface area contributed by atoms with Crippen molar-refractivity contribution in [3.05, 3.63) is 100 Å². The number of carbonyl (C=O) groups excluding carboxylic acids is 2. The van der Waals surface area contributed by atoms with Crippen LogP contribution in [0.3, 0.4) is 0 Å². The molecule has 1 aliphatic heterocycles. The summed E-state index contributed by atoms with van der Waals surface area (Å²) in [5, 5.41) is 0. The van der Waals surface area contributed by atoms with E-state index in [9.17, 15) is 9.59 Å². The van der Waals surface area contributed by atoms with Gasteiger partial charge >= 0.3 is 0 Å². The largest absolute Gasteiger partial charge is 0.274 e. The highest BCUT2D eigenvalue weighted by atomic mass is 35.5. The van der Waals surface area contributed by atoms with Gasteiger partial charge in [0.15, 0.2) is 0 Å². The number of alkyl halides is 1. The molecule has 0 radical (unpaired) electrons. The Morgan fingerprint density at radius 1 is 0.833 bits per heavy atom. The molecule has 3 nitrogen and oxygen atoms in total. The molecule has 1 heterocycles. The van der Waals surface area contributed by atoms with Crippen LogP contribution in [0.1, 0.15) is 39.3 Å². The van der Waals surface area contributed by atoms with Gasteiger partial charge in [-0.25, -0.2) is 4.90 Å². The van der Waals surface area contributed by atoms with Crippen molar-refractivity contribution in [2.24, 2.45) is 11.8 Å². The molecule has 30 heavy (non-hydrogen) atoms. The van der Waals surface area contributed by atoms with E-state index in [0.29, 0.717) is 5.69 Å². The third-order valence-electron chi connectivity index (χ3n) is 7.11. The first-order valence-corrected chi connectivity index (χ1v) is 10.6. The Balaban J connectivity index is 1.62. The average molecular weight is 414 g/mol. The first kappa shape index (κ1) is 17.9. The Bertz CT molecular complexity index is 1220. The molecule has 3 aliphatic carbocycles. The zero-order valence-electron chi connectivity index (χ0n) is 16.7. The van der Waals surface area contributed by atoms with Crippen molar-refractivity contribution >= 4 is 29.1 Å². The molecular formula is C26H20ClNO2. The van der Waals surface area contributed by atoms with Crippen LogP contribution in [0, 0.1) is 25.7 Å². The zero-order chi connectivity index (χ0) is 20.8. The molecule has 3 aromatic carbocycles. The van der Waals surface area contributed by atoms with E-state index in [1.165, 1.54) is 4.90 Å². The summed E-state index contributed by atoms with van der Waals surface area (Å²) >= 11 is 7.44. The Hall–Kier alpha value is -2.91. The molecule has 4 heteroatoms. The van der Waals surface area contributed by atoms with Crippen LogP contribution in [0.5, 0.6) is 0 Å². The van der Waals surface area contributed by atoms with E-state index in [1.807, 2.05) is 68.4 Å². The molecule has 2 amide bonds. The van der Waals surface area contributed by atoms with Gasteiger partial charge in [0.1, 0.15) is 4.87 Å². The van der Waals surface area contributed by atoms with Crippen molar-refractivity contribution in [3.8, 4) is 0 Å². The van der Waals surface area contributed by atoms with E-state index in [1.54, 1.807) is 0 Å². The second-order valence-corrected chi connectivity index (χ2v) is 9.27. The molecule has 0 N–H and O–H groups in total. The van der Waals surface area contributed by atoms with Crippen molar-refractivity contribution < 1.29 is 9.59 Å². The third kappa shape index (κ3) is 1.96. The van der Waals surface area contributed by atoms with Crippen LogP contribution in [0.25, 0.3) is 0 Å². The van der Waals surface area contributed by atoms with Gasteiger partial charge in [0.25, 0.3) is 0 Å². The lowest BCUT2D eigenvalue weighted by Gasteiger charge is -2.50.